The fraction of sp³-hybridized carbons (Fsp3) is 0.444. The number of rotatable bonds is 8. The SMILES string of the molecule is CN=C(NCCOCc1ccccc1OC)N(C)Cc1cnn(C)c1. The van der Waals surface area contributed by atoms with Gasteiger partial charge in [-0.25, -0.2) is 0 Å². The molecule has 0 radical (unpaired) electrons. The van der Waals surface area contributed by atoms with Crippen molar-refractivity contribution in [2.45, 2.75) is 13.2 Å². The second kappa shape index (κ2) is 9.68. The Hall–Kier alpha value is -2.54. The summed E-state index contributed by atoms with van der Waals surface area (Å²) in [6.45, 7) is 2.53. The van der Waals surface area contributed by atoms with Crippen LogP contribution in [0.1, 0.15) is 11.1 Å². The largest absolute Gasteiger partial charge is 0.496 e. The number of aryl methyl sites for hydroxylation is 1. The number of ether oxygens (including phenoxy) is 2. The Labute approximate surface area is 149 Å². The van der Waals surface area contributed by atoms with E-state index in [1.165, 1.54) is 0 Å². The average molecular weight is 345 g/mol. The summed E-state index contributed by atoms with van der Waals surface area (Å²) in [4.78, 5) is 6.36. The number of benzene rings is 1. The number of hydrogen-bond acceptors (Lipinski definition) is 4. The minimum absolute atomic E-state index is 0.524. The lowest BCUT2D eigenvalue weighted by atomic mass is 10.2. The molecule has 2 rings (SSSR count). The molecular weight excluding hydrogens is 318 g/mol. The maximum Gasteiger partial charge on any atom is 0.193 e. The van der Waals surface area contributed by atoms with Gasteiger partial charge in [0.1, 0.15) is 5.75 Å². The predicted molar refractivity (Wildman–Crippen MR) is 98.7 cm³/mol. The molecule has 0 aliphatic carbocycles. The average Bonchev–Trinajstić information content (AvgIpc) is 3.03. The van der Waals surface area contributed by atoms with Crippen LogP contribution in [0.4, 0.5) is 0 Å². The summed E-state index contributed by atoms with van der Waals surface area (Å²) in [5.74, 6) is 1.67. The second-order valence-corrected chi connectivity index (χ2v) is 5.72. The van der Waals surface area contributed by atoms with Gasteiger partial charge in [-0.3, -0.25) is 9.67 Å². The van der Waals surface area contributed by atoms with Crippen molar-refractivity contribution >= 4 is 5.96 Å². The van der Waals surface area contributed by atoms with Crippen LogP contribution >= 0.6 is 0 Å². The Morgan fingerprint density at radius 2 is 2.16 bits per heavy atom. The lowest BCUT2D eigenvalue weighted by Crippen LogP contribution is -2.39. The van der Waals surface area contributed by atoms with E-state index in [-0.39, 0.29) is 0 Å². The van der Waals surface area contributed by atoms with Crippen LogP contribution in [0, 0.1) is 0 Å². The van der Waals surface area contributed by atoms with Gasteiger partial charge in [0.2, 0.25) is 0 Å². The molecule has 0 unspecified atom stereocenters. The Balaban J connectivity index is 1.72. The molecule has 0 aliphatic heterocycles. The number of guanidine groups is 1. The number of hydrogen-bond donors (Lipinski definition) is 1. The first-order chi connectivity index (χ1) is 12.1. The van der Waals surface area contributed by atoms with Gasteiger partial charge in [-0.2, -0.15) is 5.10 Å². The Morgan fingerprint density at radius 3 is 2.84 bits per heavy atom. The van der Waals surface area contributed by atoms with E-state index in [4.69, 9.17) is 9.47 Å². The molecular formula is C18H27N5O2. The summed E-state index contributed by atoms with van der Waals surface area (Å²) in [5.41, 5.74) is 2.18. The lowest BCUT2D eigenvalue weighted by Gasteiger charge is -2.21. The van der Waals surface area contributed by atoms with Crippen molar-refractivity contribution in [1.82, 2.24) is 20.0 Å². The van der Waals surface area contributed by atoms with E-state index < -0.39 is 0 Å². The van der Waals surface area contributed by atoms with Gasteiger partial charge >= 0.3 is 0 Å². The van der Waals surface area contributed by atoms with Crippen LogP contribution in [0.5, 0.6) is 5.75 Å². The third kappa shape index (κ3) is 5.79. The van der Waals surface area contributed by atoms with Crippen molar-refractivity contribution in [3.8, 4) is 5.75 Å². The highest BCUT2D eigenvalue weighted by molar-refractivity contribution is 5.79. The van der Waals surface area contributed by atoms with E-state index in [9.17, 15) is 0 Å². The van der Waals surface area contributed by atoms with E-state index in [0.717, 1.165) is 29.4 Å². The zero-order valence-corrected chi connectivity index (χ0v) is 15.4. The zero-order chi connectivity index (χ0) is 18.1. The number of methoxy groups -OCH3 is 1. The summed E-state index contributed by atoms with van der Waals surface area (Å²) in [6.07, 6.45) is 3.86. The van der Waals surface area contributed by atoms with E-state index >= 15 is 0 Å². The molecule has 7 heteroatoms. The second-order valence-electron chi connectivity index (χ2n) is 5.72. The third-order valence-corrected chi connectivity index (χ3v) is 3.73. The third-order valence-electron chi connectivity index (χ3n) is 3.73. The van der Waals surface area contributed by atoms with E-state index in [1.54, 1.807) is 18.8 Å². The van der Waals surface area contributed by atoms with Crippen LogP contribution < -0.4 is 10.1 Å². The van der Waals surface area contributed by atoms with Crippen LogP contribution in [0.3, 0.4) is 0 Å². The number of aromatic nitrogens is 2. The van der Waals surface area contributed by atoms with Crippen molar-refractivity contribution < 1.29 is 9.47 Å². The monoisotopic (exact) mass is 345 g/mol. The van der Waals surface area contributed by atoms with Crippen LogP contribution in [-0.4, -0.2) is 55.0 Å². The molecule has 1 N–H and O–H groups in total. The Morgan fingerprint density at radius 1 is 1.36 bits per heavy atom. The normalized spacial score (nSPS) is 11.4. The smallest absolute Gasteiger partial charge is 0.193 e. The molecule has 136 valence electrons. The lowest BCUT2D eigenvalue weighted by molar-refractivity contribution is 0.123. The Bertz CT molecular complexity index is 684. The molecule has 0 saturated heterocycles. The fourth-order valence-corrected chi connectivity index (χ4v) is 2.53. The molecule has 25 heavy (non-hydrogen) atoms. The topological polar surface area (TPSA) is 63.9 Å². The summed E-state index contributed by atoms with van der Waals surface area (Å²) < 4.78 is 12.8. The van der Waals surface area contributed by atoms with Gasteiger partial charge in [0.05, 0.1) is 26.5 Å². The maximum atomic E-state index is 5.73. The van der Waals surface area contributed by atoms with Gasteiger partial charge in [-0.1, -0.05) is 18.2 Å². The highest BCUT2D eigenvalue weighted by Crippen LogP contribution is 2.17. The molecule has 1 aromatic carbocycles. The van der Waals surface area contributed by atoms with Gasteiger partial charge < -0.3 is 19.7 Å². The molecule has 1 aromatic heterocycles. The van der Waals surface area contributed by atoms with Crippen LogP contribution in [0.25, 0.3) is 0 Å². The van der Waals surface area contributed by atoms with Crippen LogP contribution in [0.15, 0.2) is 41.7 Å². The van der Waals surface area contributed by atoms with Crippen LogP contribution in [-0.2, 0) is 24.9 Å². The zero-order valence-electron chi connectivity index (χ0n) is 15.4. The van der Waals surface area contributed by atoms with Gasteiger partial charge in [0.15, 0.2) is 5.96 Å². The van der Waals surface area contributed by atoms with Crippen molar-refractivity contribution in [2.75, 3.05) is 34.4 Å². The number of nitrogens with one attached hydrogen (secondary N) is 1. The highest BCUT2D eigenvalue weighted by Gasteiger charge is 2.07. The number of para-hydroxylation sites is 1. The van der Waals surface area contributed by atoms with Crippen molar-refractivity contribution in [2.24, 2.45) is 12.0 Å². The molecule has 0 fully saturated rings. The van der Waals surface area contributed by atoms with E-state index in [2.05, 4.69) is 20.3 Å². The summed E-state index contributed by atoms with van der Waals surface area (Å²) in [7, 11) is 7.36. The molecule has 0 bridgehead atoms. The van der Waals surface area contributed by atoms with Gasteiger partial charge in [-0.15, -0.1) is 0 Å². The Kier molecular flexibility index (Phi) is 7.28. The first-order valence-electron chi connectivity index (χ1n) is 8.23. The number of nitrogens with zero attached hydrogens (tertiary/aromatic N) is 4. The quantitative estimate of drug-likeness (QED) is 0.448. The first-order valence-corrected chi connectivity index (χ1v) is 8.23. The maximum absolute atomic E-state index is 5.73. The summed E-state index contributed by atoms with van der Waals surface area (Å²) >= 11 is 0. The standard InChI is InChI=1S/C18H27N5O2/c1-19-18(22(2)12-15-11-21-23(3)13-15)20-9-10-25-14-16-7-5-6-8-17(16)24-4/h5-8,11,13H,9-10,12,14H2,1-4H3,(H,19,20). The van der Waals surface area contributed by atoms with E-state index in [0.29, 0.717) is 19.8 Å². The minimum atomic E-state index is 0.524. The van der Waals surface area contributed by atoms with Crippen molar-refractivity contribution in [1.29, 1.82) is 0 Å². The fourth-order valence-electron chi connectivity index (χ4n) is 2.53. The molecule has 7 nitrogen and oxygen atoms in total. The number of aliphatic imine (C=N–C) groups is 1. The van der Waals surface area contributed by atoms with Gasteiger partial charge in [0, 0.05) is 51.6 Å². The summed E-state index contributed by atoms with van der Waals surface area (Å²) in [6, 6.07) is 7.87. The molecule has 1 heterocycles. The first kappa shape index (κ1) is 18.8. The summed E-state index contributed by atoms with van der Waals surface area (Å²) in [5, 5.41) is 7.49. The molecule has 0 atom stereocenters. The molecule has 2 aromatic rings. The molecule has 0 saturated carbocycles. The van der Waals surface area contributed by atoms with Crippen molar-refractivity contribution in [3.63, 3.8) is 0 Å². The highest BCUT2D eigenvalue weighted by atomic mass is 16.5. The molecule has 0 aliphatic rings. The van der Waals surface area contributed by atoms with Crippen molar-refractivity contribution in [3.05, 3.63) is 47.8 Å². The van der Waals surface area contributed by atoms with Gasteiger partial charge in [-0.05, 0) is 6.07 Å². The molecule has 0 spiro atoms. The van der Waals surface area contributed by atoms with E-state index in [1.807, 2.05) is 50.8 Å². The van der Waals surface area contributed by atoms with Gasteiger partial charge in [0.25, 0.3) is 0 Å². The minimum Gasteiger partial charge on any atom is -0.496 e. The molecule has 0 amide bonds. The van der Waals surface area contributed by atoms with Crippen LogP contribution in [0.2, 0.25) is 0 Å². The predicted octanol–water partition coefficient (Wildman–Crippen LogP) is 1.65.